The van der Waals surface area contributed by atoms with Crippen LogP contribution in [0.5, 0.6) is 0 Å². The Balaban J connectivity index is 3.31. The zero-order valence-electron chi connectivity index (χ0n) is 11.0. The zero-order valence-corrected chi connectivity index (χ0v) is 12.6. The van der Waals surface area contributed by atoms with Crippen molar-refractivity contribution in [2.24, 2.45) is 5.92 Å². The second kappa shape index (κ2) is 6.24. The van der Waals surface area contributed by atoms with Crippen LogP contribution in [0.1, 0.15) is 32.4 Å². The molecule has 18 heavy (non-hydrogen) atoms. The Morgan fingerprint density at radius 1 is 1.44 bits per heavy atom. The fourth-order valence-corrected chi connectivity index (χ4v) is 2.47. The summed E-state index contributed by atoms with van der Waals surface area (Å²) in [6, 6.07) is 1.64. The second-order valence-corrected chi connectivity index (χ2v) is 5.58. The molecule has 5 nitrogen and oxygen atoms in total. The minimum atomic E-state index is -0.370. The van der Waals surface area contributed by atoms with Gasteiger partial charge in [0.05, 0.1) is 4.92 Å². The third kappa shape index (κ3) is 3.26. The largest absolute Gasteiger partial charge is 0.317 e. The molecule has 6 heteroatoms. The smallest absolute Gasteiger partial charge is 0.292 e. The summed E-state index contributed by atoms with van der Waals surface area (Å²) in [5, 5.41) is 14.3. The number of rotatable bonds is 5. The average Bonchev–Trinajstić information content (AvgIpc) is 2.30. The molecule has 2 unspecified atom stereocenters. The highest BCUT2D eigenvalue weighted by Crippen LogP contribution is 2.33. The predicted octanol–water partition coefficient (Wildman–Crippen LogP) is 3.10. The monoisotopic (exact) mass is 315 g/mol. The quantitative estimate of drug-likeness (QED) is 0.669. The van der Waals surface area contributed by atoms with Gasteiger partial charge in [-0.2, -0.15) is 0 Å². The molecule has 0 saturated carbocycles. The van der Waals surface area contributed by atoms with Crippen LogP contribution in [-0.4, -0.2) is 23.0 Å². The molecule has 0 saturated heterocycles. The molecule has 1 rings (SSSR count). The minimum absolute atomic E-state index is 0.00324. The van der Waals surface area contributed by atoms with E-state index in [0.29, 0.717) is 10.2 Å². The molecule has 0 radical (unpaired) electrons. The maximum Gasteiger partial charge on any atom is 0.292 e. The number of pyridine rings is 1. The highest BCUT2D eigenvalue weighted by atomic mass is 79.9. The molecular weight excluding hydrogens is 298 g/mol. The molecule has 1 aromatic heterocycles. The molecule has 1 aromatic rings. The van der Waals surface area contributed by atoms with Crippen molar-refractivity contribution in [2.75, 3.05) is 7.05 Å². The van der Waals surface area contributed by atoms with Gasteiger partial charge in [-0.25, -0.2) is 0 Å². The SMILES string of the molecule is CNC(C)C(c1ncc(Br)cc1[N+](=O)[O-])C(C)C. The summed E-state index contributed by atoms with van der Waals surface area (Å²) >= 11 is 3.22. The van der Waals surface area contributed by atoms with Crippen LogP contribution in [0, 0.1) is 16.0 Å². The first-order valence-electron chi connectivity index (χ1n) is 5.85. The van der Waals surface area contributed by atoms with E-state index in [4.69, 9.17) is 0 Å². The zero-order chi connectivity index (χ0) is 13.9. The third-order valence-corrected chi connectivity index (χ3v) is 3.52. The number of nitrogens with one attached hydrogen (secondary N) is 1. The van der Waals surface area contributed by atoms with Crippen LogP contribution in [0.3, 0.4) is 0 Å². The fraction of sp³-hybridized carbons (Fsp3) is 0.583. The summed E-state index contributed by atoms with van der Waals surface area (Å²) in [4.78, 5) is 15.0. The molecule has 1 N–H and O–H groups in total. The lowest BCUT2D eigenvalue weighted by molar-refractivity contribution is -0.386. The normalized spacial score (nSPS) is 14.6. The molecule has 0 spiro atoms. The van der Waals surface area contributed by atoms with E-state index in [1.165, 1.54) is 6.07 Å². The number of halogens is 1. The van der Waals surface area contributed by atoms with Gasteiger partial charge >= 0.3 is 0 Å². The number of aromatic nitrogens is 1. The van der Waals surface area contributed by atoms with Gasteiger partial charge < -0.3 is 5.32 Å². The number of hydrogen-bond acceptors (Lipinski definition) is 4. The molecular formula is C12H18BrN3O2. The molecule has 0 bridgehead atoms. The summed E-state index contributed by atoms with van der Waals surface area (Å²) in [6.45, 7) is 6.11. The standard InChI is InChI=1S/C12H18BrN3O2/c1-7(2)11(8(3)14-4)12-10(16(17)18)5-9(13)6-15-12/h5-8,11,14H,1-4H3. The first kappa shape index (κ1) is 15.0. The Morgan fingerprint density at radius 3 is 2.50 bits per heavy atom. The number of hydrogen-bond donors (Lipinski definition) is 1. The van der Waals surface area contributed by atoms with Crippen LogP contribution in [0.15, 0.2) is 16.7 Å². The Morgan fingerprint density at radius 2 is 2.06 bits per heavy atom. The highest BCUT2D eigenvalue weighted by molar-refractivity contribution is 9.10. The fourth-order valence-electron chi connectivity index (χ4n) is 2.15. The van der Waals surface area contributed by atoms with Crippen molar-refractivity contribution < 1.29 is 4.92 Å². The van der Waals surface area contributed by atoms with Crippen molar-refractivity contribution in [1.29, 1.82) is 0 Å². The van der Waals surface area contributed by atoms with Gasteiger partial charge in [0.15, 0.2) is 0 Å². The van der Waals surface area contributed by atoms with Crippen LogP contribution in [-0.2, 0) is 0 Å². The first-order chi connectivity index (χ1) is 8.38. The molecule has 0 aromatic carbocycles. The molecule has 0 aliphatic carbocycles. The Kier molecular flexibility index (Phi) is 5.22. The summed E-state index contributed by atoms with van der Waals surface area (Å²) in [5.41, 5.74) is 0.616. The van der Waals surface area contributed by atoms with Crippen molar-refractivity contribution in [3.8, 4) is 0 Å². The van der Waals surface area contributed by atoms with E-state index in [1.54, 1.807) is 6.20 Å². The molecule has 0 aliphatic rings. The van der Waals surface area contributed by atoms with Gasteiger partial charge in [-0.15, -0.1) is 0 Å². The molecule has 100 valence electrons. The van der Waals surface area contributed by atoms with Gasteiger partial charge in [-0.1, -0.05) is 13.8 Å². The van der Waals surface area contributed by atoms with Gasteiger partial charge in [-0.05, 0) is 35.8 Å². The second-order valence-electron chi connectivity index (χ2n) is 4.66. The first-order valence-corrected chi connectivity index (χ1v) is 6.64. The van der Waals surface area contributed by atoms with E-state index < -0.39 is 0 Å². The Labute approximate surface area is 115 Å². The van der Waals surface area contributed by atoms with E-state index in [9.17, 15) is 10.1 Å². The maximum absolute atomic E-state index is 11.1. The van der Waals surface area contributed by atoms with Gasteiger partial charge in [0.2, 0.25) is 0 Å². The van der Waals surface area contributed by atoms with Gasteiger partial charge in [0.25, 0.3) is 5.69 Å². The van der Waals surface area contributed by atoms with Gasteiger partial charge in [0, 0.05) is 28.7 Å². The Bertz CT molecular complexity index is 437. The molecule has 1 heterocycles. The highest BCUT2D eigenvalue weighted by Gasteiger charge is 2.30. The summed E-state index contributed by atoms with van der Waals surface area (Å²) < 4.78 is 0.623. The molecule has 0 fully saturated rings. The van der Waals surface area contributed by atoms with Crippen LogP contribution in [0.4, 0.5) is 5.69 Å². The molecule has 2 atom stereocenters. The van der Waals surface area contributed by atoms with Crippen molar-refractivity contribution in [3.63, 3.8) is 0 Å². The van der Waals surface area contributed by atoms with Gasteiger partial charge in [-0.3, -0.25) is 15.1 Å². The molecule has 0 amide bonds. The summed E-state index contributed by atoms with van der Waals surface area (Å²) in [7, 11) is 1.85. The van der Waals surface area contributed by atoms with E-state index >= 15 is 0 Å². The lowest BCUT2D eigenvalue weighted by Crippen LogP contribution is -2.33. The topological polar surface area (TPSA) is 68.1 Å². The minimum Gasteiger partial charge on any atom is -0.317 e. The van der Waals surface area contributed by atoms with Crippen LogP contribution >= 0.6 is 15.9 Å². The van der Waals surface area contributed by atoms with Crippen LogP contribution in [0.2, 0.25) is 0 Å². The summed E-state index contributed by atoms with van der Waals surface area (Å²) in [5.74, 6) is 0.267. The van der Waals surface area contributed by atoms with Crippen molar-refractivity contribution >= 4 is 21.6 Å². The number of nitrogens with zero attached hydrogens (tertiary/aromatic N) is 2. The summed E-state index contributed by atoms with van der Waals surface area (Å²) in [6.07, 6.45) is 1.61. The van der Waals surface area contributed by atoms with Crippen molar-refractivity contribution in [2.45, 2.75) is 32.7 Å². The van der Waals surface area contributed by atoms with Crippen molar-refractivity contribution in [1.82, 2.24) is 10.3 Å². The van der Waals surface area contributed by atoms with Gasteiger partial charge in [0.1, 0.15) is 5.69 Å². The maximum atomic E-state index is 11.1. The average molecular weight is 316 g/mol. The van der Waals surface area contributed by atoms with Crippen LogP contribution < -0.4 is 5.32 Å². The molecule has 0 aliphatic heterocycles. The predicted molar refractivity (Wildman–Crippen MR) is 74.7 cm³/mol. The van der Waals surface area contributed by atoms with E-state index in [-0.39, 0.29) is 28.5 Å². The van der Waals surface area contributed by atoms with E-state index in [2.05, 4.69) is 26.2 Å². The van der Waals surface area contributed by atoms with E-state index in [0.717, 1.165) is 0 Å². The Hall–Kier alpha value is -1.01. The number of likely N-dealkylation sites (N-methyl/N-ethyl adjacent to an activating group) is 1. The van der Waals surface area contributed by atoms with E-state index in [1.807, 2.05) is 27.8 Å². The lowest BCUT2D eigenvalue weighted by atomic mass is 9.85. The van der Waals surface area contributed by atoms with Crippen LogP contribution in [0.25, 0.3) is 0 Å². The number of nitro groups is 1. The lowest BCUT2D eigenvalue weighted by Gasteiger charge is -2.26. The third-order valence-electron chi connectivity index (χ3n) is 3.09. The van der Waals surface area contributed by atoms with Crippen molar-refractivity contribution in [3.05, 3.63) is 32.5 Å².